The van der Waals surface area contributed by atoms with Crippen LogP contribution in [0.5, 0.6) is 0 Å². The molecule has 1 aromatic carbocycles. The molecule has 3 aromatic rings. The molecule has 0 saturated heterocycles. The molecule has 2 atom stereocenters. The number of benzene rings is 1. The third-order valence-electron chi connectivity index (χ3n) is 7.47. The number of aromatic nitrogens is 2. The molecule has 2 aliphatic rings. The Morgan fingerprint density at radius 1 is 1.14 bits per heavy atom. The van der Waals surface area contributed by atoms with Gasteiger partial charge in [0.25, 0.3) is 0 Å². The minimum Gasteiger partial charge on any atom is -0.480 e. The zero-order chi connectivity index (χ0) is 25.1. The van der Waals surface area contributed by atoms with E-state index in [4.69, 9.17) is 0 Å². The van der Waals surface area contributed by atoms with Gasteiger partial charge in [0, 0.05) is 47.7 Å². The molecule has 0 spiro atoms. The number of anilines is 2. The fourth-order valence-corrected chi connectivity index (χ4v) is 5.69. The molecular weight excluding hydrogens is 452 g/mol. The molecule has 2 N–H and O–H groups in total. The molecule has 2 heterocycles. The first-order valence-corrected chi connectivity index (χ1v) is 12.9. The van der Waals surface area contributed by atoms with Crippen LogP contribution in [0.2, 0.25) is 0 Å². The standard InChI is InChI=1S/C29H32N4O3/c1-18-15-21-13-14-30-17-23(21)28(31-18)32-22-9-7-19(8-10-22)16-25(29(35)36)33-24-11-12-26(34)27(24)20-5-3-2-4-6-20/h7-10,13-15,17,20,25,27H,2-6,11-12,16H2,1H3,(H,31,32)(H,35,36). The van der Waals surface area contributed by atoms with Crippen LogP contribution in [0, 0.1) is 18.8 Å². The number of hydrogen-bond donors (Lipinski definition) is 2. The first kappa shape index (κ1) is 24.1. The summed E-state index contributed by atoms with van der Waals surface area (Å²) < 4.78 is 0. The smallest absolute Gasteiger partial charge is 0.328 e. The summed E-state index contributed by atoms with van der Waals surface area (Å²) in [6.45, 7) is 1.96. The number of hydrogen-bond acceptors (Lipinski definition) is 6. The van der Waals surface area contributed by atoms with E-state index in [-0.39, 0.29) is 11.7 Å². The topological polar surface area (TPSA) is 105 Å². The van der Waals surface area contributed by atoms with Gasteiger partial charge in [-0.3, -0.25) is 14.8 Å². The van der Waals surface area contributed by atoms with E-state index in [1.54, 1.807) is 12.4 Å². The summed E-state index contributed by atoms with van der Waals surface area (Å²) >= 11 is 0. The lowest BCUT2D eigenvalue weighted by Gasteiger charge is -2.27. The molecule has 2 aromatic heterocycles. The number of nitrogens with zero attached hydrogens (tertiary/aromatic N) is 3. The van der Waals surface area contributed by atoms with E-state index in [2.05, 4.69) is 20.3 Å². The first-order valence-electron chi connectivity index (χ1n) is 12.9. The number of aryl methyl sites for hydroxylation is 1. The van der Waals surface area contributed by atoms with Gasteiger partial charge in [-0.2, -0.15) is 0 Å². The molecule has 7 heteroatoms. The Kier molecular flexibility index (Phi) is 7.07. The van der Waals surface area contributed by atoms with Gasteiger partial charge in [-0.05, 0) is 67.3 Å². The Balaban J connectivity index is 1.32. The van der Waals surface area contributed by atoms with E-state index < -0.39 is 12.0 Å². The van der Waals surface area contributed by atoms with E-state index in [1.807, 2.05) is 43.3 Å². The van der Waals surface area contributed by atoms with Gasteiger partial charge < -0.3 is 10.4 Å². The number of Topliss-reactive ketones (excluding diaryl/α,β-unsaturated/α-hetero) is 1. The second kappa shape index (κ2) is 10.6. The van der Waals surface area contributed by atoms with Gasteiger partial charge in [-0.25, -0.2) is 9.78 Å². The van der Waals surface area contributed by atoms with Gasteiger partial charge in [0.2, 0.25) is 0 Å². The number of carboxylic acids is 1. The monoisotopic (exact) mass is 484 g/mol. The number of carbonyl (C=O) groups excluding carboxylic acids is 1. The second-order valence-electron chi connectivity index (χ2n) is 10.1. The Bertz CT molecular complexity index is 1300. The van der Waals surface area contributed by atoms with Crippen molar-refractivity contribution in [2.24, 2.45) is 16.8 Å². The van der Waals surface area contributed by atoms with Crippen LogP contribution in [0.3, 0.4) is 0 Å². The Hall–Kier alpha value is -3.61. The zero-order valence-corrected chi connectivity index (χ0v) is 20.6. The predicted molar refractivity (Wildman–Crippen MR) is 141 cm³/mol. The lowest BCUT2D eigenvalue weighted by molar-refractivity contribution is -0.138. The molecule has 2 saturated carbocycles. The normalized spacial score (nSPS) is 20.6. The maximum absolute atomic E-state index is 12.6. The number of nitrogens with one attached hydrogen (secondary N) is 1. The van der Waals surface area contributed by atoms with Crippen molar-refractivity contribution in [3.05, 3.63) is 60.0 Å². The third kappa shape index (κ3) is 5.30. The highest BCUT2D eigenvalue weighted by atomic mass is 16.4. The maximum Gasteiger partial charge on any atom is 0.328 e. The summed E-state index contributed by atoms with van der Waals surface area (Å²) in [6, 6.07) is 10.8. The SMILES string of the molecule is Cc1cc2ccncc2c(Nc2ccc(CC(N=C3CCC(=O)C3C3CCCCC3)C(=O)O)cc2)n1. The van der Waals surface area contributed by atoms with Crippen LogP contribution in [-0.4, -0.2) is 38.6 Å². The van der Waals surface area contributed by atoms with E-state index >= 15 is 0 Å². The summed E-state index contributed by atoms with van der Waals surface area (Å²) in [5.41, 5.74) is 3.47. The molecular formula is C29H32N4O3. The Labute approximate surface area is 211 Å². The summed E-state index contributed by atoms with van der Waals surface area (Å²) in [6.07, 6.45) is 10.5. The van der Waals surface area contributed by atoms with E-state index in [9.17, 15) is 14.7 Å². The van der Waals surface area contributed by atoms with Crippen LogP contribution in [-0.2, 0) is 16.0 Å². The average molecular weight is 485 g/mol. The van der Waals surface area contributed by atoms with E-state index in [0.717, 1.165) is 64.9 Å². The van der Waals surface area contributed by atoms with Gasteiger partial charge >= 0.3 is 5.97 Å². The molecule has 0 radical (unpaired) electrons. The summed E-state index contributed by atoms with van der Waals surface area (Å²) in [5, 5.41) is 15.3. The molecule has 7 nitrogen and oxygen atoms in total. The van der Waals surface area contributed by atoms with Crippen molar-refractivity contribution in [2.75, 3.05) is 5.32 Å². The molecule has 0 aliphatic heterocycles. The quantitative estimate of drug-likeness (QED) is 0.447. The summed E-state index contributed by atoms with van der Waals surface area (Å²) in [5.74, 6) is 0.182. The molecule has 0 bridgehead atoms. The van der Waals surface area contributed by atoms with Crippen LogP contribution in [0.25, 0.3) is 10.8 Å². The van der Waals surface area contributed by atoms with Gasteiger partial charge in [0.05, 0.1) is 5.92 Å². The fraction of sp³-hybridized carbons (Fsp3) is 0.414. The average Bonchev–Trinajstić information content (AvgIpc) is 3.24. The van der Waals surface area contributed by atoms with Crippen molar-refractivity contribution in [3.8, 4) is 0 Å². The second-order valence-corrected chi connectivity index (χ2v) is 10.1. The molecule has 36 heavy (non-hydrogen) atoms. The molecule has 186 valence electrons. The van der Waals surface area contributed by atoms with Crippen LogP contribution >= 0.6 is 0 Å². The molecule has 2 fully saturated rings. The van der Waals surface area contributed by atoms with Crippen molar-refractivity contribution in [1.82, 2.24) is 9.97 Å². The summed E-state index contributed by atoms with van der Waals surface area (Å²) in [7, 11) is 0. The number of rotatable bonds is 7. The number of carbonyl (C=O) groups is 2. The lowest BCUT2D eigenvalue weighted by atomic mass is 9.78. The fourth-order valence-electron chi connectivity index (χ4n) is 5.69. The van der Waals surface area contributed by atoms with Gasteiger partial charge in [-0.15, -0.1) is 0 Å². The number of aliphatic imine (C=N–C) groups is 1. The number of carboxylic acid groups (broad SMARTS) is 1. The van der Waals surface area contributed by atoms with Crippen molar-refractivity contribution in [1.29, 1.82) is 0 Å². The van der Waals surface area contributed by atoms with Crippen molar-refractivity contribution in [2.45, 2.75) is 64.3 Å². The molecule has 5 rings (SSSR count). The van der Waals surface area contributed by atoms with Crippen LogP contribution in [0.4, 0.5) is 11.5 Å². The van der Waals surface area contributed by atoms with Crippen molar-refractivity contribution >= 4 is 39.7 Å². The number of fused-ring (bicyclic) bond motifs is 1. The summed E-state index contributed by atoms with van der Waals surface area (Å²) in [4.78, 5) is 38.3. The van der Waals surface area contributed by atoms with Crippen molar-refractivity contribution < 1.29 is 14.7 Å². The van der Waals surface area contributed by atoms with Crippen LogP contribution in [0.15, 0.2) is 53.8 Å². The molecule has 2 aliphatic carbocycles. The zero-order valence-electron chi connectivity index (χ0n) is 20.6. The first-order chi connectivity index (χ1) is 17.5. The number of ketones is 1. The van der Waals surface area contributed by atoms with Gasteiger partial charge in [0.1, 0.15) is 11.6 Å². The van der Waals surface area contributed by atoms with Gasteiger partial charge in [-0.1, -0.05) is 31.4 Å². The van der Waals surface area contributed by atoms with Crippen LogP contribution in [0.1, 0.15) is 56.2 Å². The third-order valence-corrected chi connectivity index (χ3v) is 7.47. The molecule has 0 amide bonds. The maximum atomic E-state index is 12.6. The lowest BCUT2D eigenvalue weighted by Crippen LogP contribution is -2.29. The minimum absolute atomic E-state index is 0.176. The highest BCUT2D eigenvalue weighted by Gasteiger charge is 2.38. The largest absolute Gasteiger partial charge is 0.480 e. The highest BCUT2D eigenvalue weighted by Crippen LogP contribution is 2.36. The minimum atomic E-state index is -0.950. The molecule has 2 unspecified atom stereocenters. The van der Waals surface area contributed by atoms with Gasteiger partial charge in [0.15, 0.2) is 6.04 Å². The number of aliphatic carboxylic acids is 1. The highest BCUT2D eigenvalue weighted by molar-refractivity contribution is 6.11. The van der Waals surface area contributed by atoms with E-state index in [0.29, 0.717) is 25.2 Å². The number of pyridine rings is 2. The Morgan fingerprint density at radius 2 is 1.92 bits per heavy atom. The van der Waals surface area contributed by atoms with Crippen LogP contribution < -0.4 is 5.32 Å². The predicted octanol–water partition coefficient (Wildman–Crippen LogP) is 5.68. The van der Waals surface area contributed by atoms with E-state index in [1.165, 1.54) is 6.42 Å². The Morgan fingerprint density at radius 3 is 2.67 bits per heavy atom. The van der Waals surface area contributed by atoms with Crippen molar-refractivity contribution in [3.63, 3.8) is 0 Å².